The van der Waals surface area contributed by atoms with E-state index in [2.05, 4.69) is 15.3 Å². The number of nitrogens with zero attached hydrogens (tertiary/aromatic N) is 4. The molecule has 0 radical (unpaired) electrons. The molecule has 6 rings (SSSR count). The second-order valence-corrected chi connectivity index (χ2v) is 10.0. The Balaban J connectivity index is 1.33. The third-order valence-electron chi connectivity index (χ3n) is 6.75. The van der Waals surface area contributed by atoms with Gasteiger partial charge in [-0.25, -0.2) is 9.97 Å². The third kappa shape index (κ3) is 4.01. The fourth-order valence-corrected chi connectivity index (χ4v) is 5.40. The Bertz CT molecular complexity index is 1510. The second kappa shape index (κ2) is 8.58. The first-order valence-corrected chi connectivity index (χ1v) is 12.7. The van der Waals surface area contributed by atoms with Gasteiger partial charge in [-0.1, -0.05) is 0 Å². The first-order chi connectivity index (χ1) is 17.3. The molecular weight excluding hydrogens is 491 g/mol. The molecule has 36 heavy (non-hydrogen) atoms. The largest absolute Gasteiger partial charge is 0.433 e. The van der Waals surface area contributed by atoms with Crippen LogP contribution in [0.2, 0.25) is 0 Å². The fraction of sp³-hybridized carbons (Fsp3) is 0.360. The molecule has 2 fully saturated rings. The zero-order chi connectivity index (χ0) is 25.0. The van der Waals surface area contributed by atoms with Crippen molar-refractivity contribution in [3.05, 3.63) is 61.3 Å². The Hall–Kier alpha value is -3.47. The van der Waals surface area contributed by atoms with Gasteiger partial charge in [-0.05, 0) is 53.8 Å². The molecule has 11 heteroatoms. The number of nitrogens with one attached hydrogen (secondary N) is 1. The van der Waals surface area contributed by atoms with Crippen LogP contribution < -0.4 is 26.0 Å². The average molecular weight is 514 g/mol. The summed E-state index contributed by atoms with van der Waals surface area (Å²) in [4.78, 5) is 37.1. The van der Waals surface area contributed by atoms with Crippen LogP contribution in [-0.2, 0) is 6.18 Å². The van der Waals surface area contributed by atoms with Crippen molar-refractivity contribution >= 4 is 39.4 Å². The average Bonchev–Trinajstić information content (AvgIpc) is 3.59. The summed E-state index contributed by atoms with van der Waals surface area (Å²) in [5.74, 6) is 0.563. The monoisotopic (exact) mass is 513 g/mol. The van der Waals surface area contributed by atoms with Crippen molar-refractivity contribution in [2.75, 3.05) is 41.3 Å². The second-order valence-electron chi connectivity index (χ2n) is 9.23. The summed E-state index contributed by atoms with van der Waals surface area (Å²) in [7, 11) is 0. The van der Waals surface area contributed by atoms with Gasteiger partial charge < -0.3 is 15.1 Å². The molecule has 4 aromatic rings. The van der Waals surface area contributed by atoms with Gasteiger partial charge in [0.1, 0.15) is 22.9 Å². The molecule has 4 heterocycles. The quantitative estimate of drug-likeness (QED) is 0.400. The Morgan fingerprint density at radius 2 is 1.78 bits per heavy atom. The maximum atomic E-state index is 13.5. The van der Waals surface area contributed by atoms with E-state index in [1.54, 1.807) is 6.20 Å². The van der Waals surface area contributed by atoms with Crippen molar-refractivity contribution in [3.63, 3.8) is 0 Å². The normalized spacial score (nSPS) is 17.1. The highest BCUT2D eigenvalue weighted by Gasteiger charge is 2.34. The summed E-state index contributed by atoms with van der Waals surface area (Å²) in [6.45, 7) is 2.20. The van der Waals surface area contributed by atoms with Gasteiger partial charge in [-0.2, -0.15) is 24.5 Å². The van der Waals surface area contributed by atoms with Crippen LogP contribution in [0.1, 0.15) is 25.0 Å². The van der Waals surface area contributed by atoms with Crippen molar-refractivity contribution in [3.8, 4) is 11.1 Å². The van der Waals surface area contributed by atoms with Crippen LogP contribution in [0.5, 0.6) is 0 Å². The molecular formula is C25H22F3N5O2S. The van der Waals surface area contributed by atoms with Crippen LogP contribution in [0.25, 0.3) is 22.0 Å². The van der Waals surface area contributed by atoms with Crippen LogP contribution in [0.15, 0.2) is 44.7 Å². The highest BCUT2D eigenvalue weighted by Crippen LogP contribution is 2.37. The minimum atomic E-state index is -4.56. The number of anilines is 3. The molecule has 3 aromatic heterocycles. The summed E-state index contributed by atoms with van der Waals surface area (Å²) in [6, 6.07) is 4.54. The van der Waals surface area contributed by atoms with E-state index in [-0.39, 0.29) is 11.6 Å². The number of hydrogen-bond acceptors (Lipinski definition) is 8. The van der Waals surface area contributed by atoms with Crippen LogP contribution in [0.4, 0.5) is 30.4 Å². The number of halogens is 3. The molecule has 1 N–H and O–H groups in total. The van der Waals surface area contributed by atoms with Gasteiger partial charge in [0, 0.05) is 49.4 Å². The lowest BCUT2D eigenvalue weighted by Crippen LogP contribution is -2.44. The molecule has 0 spiro atoms. The molecule has 0 amide bonds. The minimum absolute atomic E-state index is 0.257. The van der Waals surface area contributed by atoms with Gasteiger partial charge in [0.05, 0.1) is 5.52 Å². The first-order valence-electron chi connectivity index (χ1n) is 11.8. The molecule has 1 aliphatic heterocycles. The number of alkyl halides is 3. The van der Waals surface area contributed by atoms with Crippen LogP contribution in [0.3, 0.4) is 0 Å². The summed E-state index contributed by atoms with van der Waals surface area (Å²) in [5, 5.41) is 7.45. The zero-order valence-electron chi connectivity index (χ0n) is 19.1. The number of thiophene rings is 1. The van der Waals surface area contributed by atoms with E-state index in [0.29, 0.717) is 60.7 Å². The number of rotatable bonds is 5. The fourth-order valence-electron chi connectivity index (χ4n) is 4.74. The molecule has 1 aromatic carbocycles. The van der Waals surface area contributed by atoms with Crippen LogP contribution in [0, 0.1) is 0 Å². The summed E-state index contributed by atoms with van der Waals surface area (Å²) in [6.07, 6.45) is -0.277. The molecule has 0 atom stereocenters. The predicted octanol–water partition coefficient (Wildman–Crippen LogP) is 4.26. The third-order valence-corrected chi connectivity index (χ3v) is 7.44. The van der Waals surface area contributed by atoms with Crippen molar-refractivity contribution in [1.29, 1.82) is 0 Å². The molecule has 1 aliphatic carbocycles. The standard InChI is InChI=1S/C25H22F3N5O2S/c26-25(27,28)18-5-4-16-19(31-18)17(14-6-11-36-13-14)12-29-24(16)33-8-1-7-32(9-10-33)21-20(22(34)23(21)35)30-15-2-3-15/h4-6,11-13,15,30H,1-3,7-10H2. The number of hydrogen-bond donors (Lipinski definition) is 1. The van der Waals surface area contributed by atoms with E-state index in [1.807, 2.05) is 26.6 Å². The number of fused-ring (bicyclic) bond motifs is 1. The van der Waals surface area contributed by atoms with E-state index < -0.39 is 22.7 Å². The zero-order valence-corrected chi connectivity index (χ0v) is 20.0. The summed E-state index contributed by atoms with van der Waals surface area (Å²) >= 11 is 1.45. The SMILES string of the molecule is O=c1c(NC2CC2)c(N2CCCN(c3ncc(-c4ccsc4)c4nc(C(F)(F)F)ccc34)CC2)c1=O. The minimum Gasteiger partial charge on any atom is -0.377 e. The van der Waals surface area contributed by atoms with Gasteiger partial charge in [0.15, 0.2) is 0 Å². The Morgan fingerprint density at radius 1 is 1.00 bits per heavy atom. The number of aromatic nitrogens is 2. The molecule has 1 saturated heterocycles. The Labute approximate surface area is 207 Å². The van der Waals surface area contributed by atoms with E-state index in [4.69, 9.17) is 0 Å². The van der Waals surface area contributed by atoms with Crippen molar-refractivity contribution in [1.82, 2.24) is 9.97 Å². The van der Waals surface area contributed by atoms with Crippen molar-refractivity contribution in [2.45, 2.75) is 31.5 Å². The van der Waals surface area contributed by atoms with Gasteiger partial charge in [-0.3, -0.25) is 9.59 Å². The highest BCUT2D eigenvalue weighted by atomic mass is 32.1. The van der Waals surface area contributed by atoms with Gasteiger partial charge >= 0.3 is 6.18 Å². The summed E-state index contributed by atoms with van der Waals surface area (Å²) < 4.78 is 40.4. The topological polar surface area (TPSA) is 78.4 Å². The molecule has 0 unspecified atom stereocenters. The highest BCUT2D eigenvalue weighted by molar-refractivity contribution is 7.08. The maximum absolute atomic E-state index is 13.5. The molecule has 1 saturated carbocycles. The first kappa shape index (κ1) is 23.0. The lowest BCUT2D eigenvalue weighted by Gasteiger charge is -2.27. The van der Waals surface area contributed by atoms with Crippen LogP contribution >= 0.6 is 11.3 Å². The van der Waals surface area contributed by atoms with E-state index in [0.717, 1.165) is 24.5 Å². The van der Waals surface area contributed by atoms with E-state index in [9.17, 15) is 22.8 Å². The van der Waals surface area contributed by atoms with Crippen LogP contribution in [-0.4, -0.2) is 42.2 Å². The number of pyridine rings is 2. The van der Waals surface area contributed by atoms with Gasteiger partial charge in [0.2, 0.25) is 0 Å². The smallest absolute Gasteiger partial charge is 0.377 e. The van der Waals surface area contributed by atoms with Crippen molar-refractivity contribution in [2.24, 2.45) is 0 Å². The van der Waals surface area contributed by atoms with Gasteiger partial charge in [-0.15, -0.1) is 0 Å². The Kier molecular flexibility index (Phi) is 5.47. The molecule has 186 valence electrons. The maximum Gasteiger partial charge on any atom is 0.433 e. The lowest BCUT2D eigenvalue weighted by atomic mass is 10.1. The predicted molar refractivity (Wildman–Crippen MR) is 135 cm³/mol. The van der Waals surface area contributed by atoms with Crippen molar-refractivity contribution < 1.29 is 13.2 Å². The lowest BCUT2D eigenvalue weighted by molar-refractivity contribution is -0.140. The Morgan fingerprint density at radius 3 is 2.50 bits per heavy atom. The van der Waals surface area contributed by atoms with E-state index >= 15 is 0 Å². The summed E-state index contributed by atoms with van der Waals surface area (Å²) in [5.41, 5.74) is 0.597. The molecule has 0 bridgehead atoms. The molecule has 2 aliphatic rings. The molecule has 7 nitrogen and oxygen atoms in total. The van der Waals surface area contributed by atoms with Gasteiger partial charge in [0.25, 0.3) is 10.9 Å². The van der Waals surface area contributed by atoms with E-state index in [1.165, 1.54) is 17.4 Å².